The molecule has 8 heteroatoms. The van der Waals surface area contributed by atoms with Crippen LogP contribution in [-0.2, 0) is 9.59 Å². The monoisotopic (exact) mass is 456 g/mol. The number of hydrogen-bond acceptors (Lipinski definition) is 5. The molecule has 1 fully saturated rings. The molecule has 1 saturated heterocycles. The Bertz CT molecular complexity index is 1060. The minimum Gasteiger partial charge on any atom is -0.454 e. The van der Waals surface area contributed by atoms with Crippen molar-refractivity contribution in [3.8, 4) is 11.5 Å². The minimum atomic E-state index is -0.779. The van der Waals surface area contributed by atoms with Crippen LogP contribution in [0.4, 0.5) is 10.5 Å². The third kappa shape index (κ3) is 3.51. The van der Waals surface area contributed by atoms with E-state index in [9.17, 15) is 14.4 Å². The Morgan fingerprint density at radius 1 is 1.07 bits per heavy atom. The normalized spacial score (nSPS) is 17.3. The largest absolute Gasteiger partial charge is 0.454 e. The van der Waals surface area contributed by atoms with Gasteiger partial charge in [-0.15, -0.1) is 0 Å². The van der Waals surface area contributed by atoms with E-state index in [1.165, 1.54) is 6.08 Å². The molecule has 2 heterocycles. The highest BCUT2D eigenvalue weighted by Gasteiger charge is 2.37. The van der Waals surface area contributed by atoms with Crippen LogP contribution in [0.3, 0.4) is 0 Å². The fourth-order valence-corrected chi connectivity index (χ4v) is 3.54. The van der Waals surface area contributed by atoms with Gasteiger partial charge in [0.05, 0.1) is 5.69 Å². The maximum atomic E-state index is 13.0. The molecule has 0 spiro atoms. The zero-order valence-electron chi connectivity index (χ0n) is 15.7. The molecule has 1 N–H and O–H groups in total. The molecule has 0 atom stereocenters. The summed E-state index contributed by atoms with van der Waals surface area (Å²) < 4.78 is 11.3. The van der Waals surface area contributed by atoms with Crippen LogP contribution in [0.1, 0.15) is 30.9 Å². The molecule has 29 heavy (non-hydrogen) atoms. The van der Waals surface area contributed by atoms with Gasteiger partial charge >= 0.3 is 6.03 Å². The summed E-state index contributed by atoms with van der Waals surface area (Å²) in [5, 5.41) is 2.23. The predicted molar refractivity (Wildman–Crippen MR) is 110 cm³/mol. The lowest BCUT2D eigenvalue weighted by molar-refractivity contribution is -0.122. The third-order valence-corrected chi connectivity index (χ3v) is 5.40. The summed E-state index contributed by atoms with van der Waals surface area (Å²) in [5.41, 5.74) is 1.86. The number of carbonyl (C=O) groups is 3. The van der Waals surface area contributed by atoms with E-state index in [0.717, 1.165) is 10.5 Å². The fourth-order valence-electron chi connectivity index (χ4n) is 3.10. The van der Waals surface area contributed by atoms with Crippen molar-refractivity contribution in [3.05, 3.63) is 57.6 Å². The Hall–Kier alpha value is -3.13. The Morgan fingerprint density at radius 2 is 1.72 bits per heavy atom. The van der Waals surface area contributed by atoms with E-state index in [0.29, 0.717) is 33.1 Å². The van der Waals surface area contributed by atoms with Gasteiger partial charge in [0, 0.05) is 4.47 Å². The van der Waals surface area contributed by atoms with Gasteiger partial charge in [0.2, 0.25) is 6.79 Å². The molecule has 0 bridgehead atoms. The second kappa shape index (κ2) is 7.36. The van der Waals surface area contributed by atoms with Gasteiger partial charge in [-0.3, -0.25) is 14.9 Å². The van der Waals surface area contributed by atoms with Crippen LogP contribution in [0.5, 0.6) is 11.5 Å². The first-order valence-corrected chi connectivity index (χ1v) is 9.75. The highest BCUT2D eigenvalue weighted by atomic mass is 79.9. The molecule has 0 saturated carbocycles. The lowest BCUT2D eigenvalue weighted by Gasteiger charge is -2.26. The van der Waals surface area contributed by atoms with E-state index in [1.807, 2.05) is 12.1 Å². The number of barbiturate groups is 1. The number of hydrogen-bond donors (Lipinski definition) is 1. The second-order valence-corrected chi connectivity index (χ2v) is 7.79. The van der Waals surface area contributed by atoms with E-state index in [1.54, 1.807) is 24.3 Å². The van der Waals surface area contributed by atoms with Crippen molar-refractivity contribution in [2.75, 3.05) is 11.7 Å². The average Bonchev–Trinajstić information content (AvgIpc) is 3.12. The van der Waals surface area contributed by atoms with Crippen LogP contribution in [0.2, 0.25) is 0 Å². The van der Waals surface area contributed by atoms with Crippen molar-refractivity contribution in [2.45, 2.75) is 19.8 Å². The van der Waals surface area contributed by atoms with E-state index >= 15 is 0 Å². The molecule has 2 aromatic rings. The first-order chi connectivity index (χ1) is 13.8. The lowest BCUT2D eigenvalue weighted by Crippen LogP contribution is -2.54. The number of amides is 4. The van der Waals surface area contributed by atoms with Crippen LogP contribution >= 0.6 is 15.9 Å². The zero-order valence-corrected chi connectivity index (χ0v) is 17.3. The molecular weight excluding hydrogens is 440 g/mol. The van der Waals surface area contributed by atoms with Gasteiger partial charge in [-0.2, -0.15) is 0 Å². The predicted octanol–water partition coefficient (Wildman–Crippen LogP) is 3.97. The molecule has 2 aliphatic rings. The summed E-state index contributed by atoms with van der Waals surface area (Å²) in [6.45, 7) is 4.21. The molecule has 0 aromatic heterocycles. The Labute approximate surface area is 175 Å². The highest BCUT2D eigenvalue weighted by Crippen LogP contribution is 2.38. The van der Waals surface area contributed by atoms with E-state index in [4.69, 9.17) is 9.47 Å². The number of halogens is 1. The Morgan fingerprint density at radius 3 is 2.38 bits per heavy atom. The number of anilines is 1. The Kier molecular flexibility index (Phi) is 4.87. The molecule has 0 unspecified atom stereocenters. The van der Waals surface area contributed by atoms with Crippen molar-refractivity contribution in [1.29, 1.82) is 0 Å². The number of rotatable bonds is 3. The van der Waals surface area contributed by atoms with Gasteiger partial charge < -0.3 is 9.47 Å². The number of carbonyl (C=O) groups excluding carboxylic acids is 3. The lowest BCUT2D eigenvalue weighted by atomic mass is 10.0. The van der Waals surface area contributed by atoms with Crippen LogP contribution in [0.15, 0.2) is 46.4 Å². The summed E-state index contributed by atoms with van der Waals surface area (Å²) in [6.07, 6.45) is 1.42. The number of ether oxygens (including phenoxy) is 2. The van der Waals surface area contributed by atoms with Gasteiger partial charge in [0.1, 0.15) is 5.57 Å². The first-order valence-electron chi connectivity index (χ1n) is 8.95. The summed E-state index contributed by atoms with van der Waals surface area (Å²) in [6, 6.07) is 9.68. The SMILES string of the molecule is CC(C)c1ccc(N2C(=O)NC(=O)/C(=C/c3cc4c(cc3Br)OCO4)C2=O)cc1. The van der Waals surface area contributed by atoms with Crippen molar-refractivity contribution >= 4 is 45.5 Å². The quantitative estimate of drug-likeness (QED) is 0.557. The molecule has 4 amide bonds. The first kappa shape index (κ1) is 19.2. The summed E-state index contributed by atoms with van der Waals surface area (Å²) in [4.78, 5) is 38.7. The van der Waals surface area contributed by atoms with Crippen molar-refractivity contribution in [1.82, 2.24) is 5.32 Å². The number of nitrogens with one attached hydrogen (secondary N) is 1. The molecular formula is C21H17BrN2O5. The molecule has 7 nitrogen and oxygen atoms in total. The topological polar surface area (TPSA) is 84.9 Å². The van der Waals surface area contributed by atoms with Crippen molar-refractivity contribution < 1.29 is 23.9 Å². The van der Waals surface area contributed by atoms with Gasteiger partial charge in [0.15, 0.2) is 11.5 Å². The maximum absolute atomic E-state index is 13.0. The number of nitrogens with zero attached hydrogens (tertiary/aromatic N) is 1. The van der Waals surface area contributed by atoms with Crippen LogP contribution in [-0.4, -0.2) is 24.6 Å². The summed E-state index contributed by atoms with van der Waals surface area (Å²) in [7, 11) is 0. The number of urea groups is 1. The molecule has 2 aliphatic heterocycles. The fraction of sp³-hybridized carbons (Fsp3) is 0.190. The Balaban J connectivity index is 1.71. The summed E-state index contributed by atoms with van der Waals surface area (Å²) >= 11 is 3.41. The average molecular weight is 457 g/mol. The molecule has 4 rings (SSSR count). The van der Waals surface area contributed by atoms with Crippen molar-refractivity contribution in [2.24, 2.45) is 0 Å². The molecule has 0 aliphatic carbocycles. The smallest absolute Gasteiger partial charge is 0.335 e. The zero-order chi connectivity index (χ0) is 20.7. The van der Waals surface area contributed by atoms with E-state index in [-0.39, 0.29) is 12.4 Å². The second-order valence-electron chi connectivity index (χ2n) is 6.93. The number of imide groups is 2. The van der Waals surface area contributed by atoms with Crippen LogP contribution in [0, 0.1) is 0 Å². The van der Waals surface area contributed by atoms with E-state index in [2.05, 4.69) is 35.1 Å². The summed E-state index contributed by atoms with van der Waals surface area (Å²) in [5.74, 6) is -0.0445. The van der Waals surface area contributed by atoms with Gasteiger partial charge in [-0.25, -0.2) is 9.69 Å². The molecule has 2 aromatic carbocycles. The van der Waals surface area contributed by atoms with Crippen LogP contribution < -0.4 is 19.7 Å². The highest BCUT2D eigenvalue weighted by molar-refractivity contribution is 9.10. The van der Waals surface area contributed by atoms with Gasteiger partial charge in [-0.1, -0.05) is 41.9 Å². The van der Waals surface area contributed by atoms with Gasteiger partial charge in [-0.05, 0) is 47.4 Å². The molecule has 0 radical (unpaired) electrons. The standard InChI is InChI=1S/C21H17BrN2O5/c1-11(2)12-3-5-14(6-4-12)24-20(26)15(19(25)23-21(24)27)7-13-8-17-18(9-16(13)22)29-10-28-17/h3-9,11H,10H2,1-2H3,(H,23,25,27)/b15-7-. The van der Waals surface area contributed by atoms with Crippen molar-refractivity contribution in [3.63, 3.8) is 0 Å². The van der Waals surface area contributed by atoms with E-state index < -0.39 is 17.8 Å². The van der Waals surface area contributed by atoms with Crippen LogP contribution in [0.25, 0.3) is 6.08 Å². The number of fused-ring (bicyclic) bond motifs is 1. The minimum absolute atomic E-state index is 0.107. The maximum Gasteiger partial charge on any atom is 0.335 e. The third-order valence-electron chi connectivity index (χ3n) is 4.71. The number of benzene rings is 2. The van der Waals surface area contributed by atoms with Gasteiger partial charge in [0.25, 0.3) is 11.8 Å². The molecule has 148 valence electrons.